The topological polar surface area (TPSA) is 64.4 Å². The van der Waals surface area contributed by atoms with Crippen LogP contribution in [-0.4, -0.2) is 16.5 Å². The fraction of sp³-hybridized carbons (Fsp3) is 0.310. The maximum atomic E-state index is 13.1. The van der Waals surface area contributed by atoms with E-state index in [0.717, 1.165) is 27.8 Å². The molecule has 0 aliphatic heterocycles. The van der Waals surface area contributed by atoms with E-state index in [9.17, 15) is 4.79 Å². The summed E-state index contributed by atoms with van der Waals surface area (Å²) in [5.74, 6) is 0.932. The van der Waals surface area contributed by atoms with Crippen LogP contribution in [-0.2, 0) is 10.2 Å². The molecule has 34 heavy (non-hydrogen) atoms. The van der Waals surface area contributed by atoms with E-state index in [1.165, 1.54) is 5.56 Å². The van der Waals surface area contributed by atoms with Gasteiger partial charge in [-0.2, -0.15) is 0 Å². The Morgan fingerprint density at radius 2 is 1.65 bits per heavy atom. The summed E-state index contributed by atoms with van der Waals surface area (Å²) >= 11 is 0. The molecule has 0 radical (unpaired) electrons. The molecule has 3 aromatic carbocycles. The van der Waals surface area contributed by atoms with Crippen LogP contribution in [0.15, 0.2) is 65.1 Å². The number of benzene rings is 3. The van der Waals surface area contributed by atoms with Gasteiger partial charge in [-0.25, -0.2) is 4.98 Å². The van der Waals surface area contributed by atoms with Crippen LogP contribution < -0.4 is 10.1 Å². The van der Waals surface area contributed by atoms with Crippen molar-refractivity contribution < 1.29 is 13.9 Å². The van der Waals surface area contributed by atoms with Gasteiger partial charge in [-0.15, -0.1) is 0 Å². The average Bonchev–Trinajstić information content (AvgIpc) is 3.18. The highest BCUT2D eigenvalue weighted by molar-refractivity contribution is 5.97. The van der Waals surface area contributed by atoms with Gasteiger partial charge in [-0.3, -0.25) is 4.79 Å². The summed E-state index contributed by atoms with van der Waals surface area (Å²) < 4.78 is 12.1. The number of ether oxygens (including phenoxy) is 1. The van der Waals surface area contributed by atoms with E-state index in [4.69, 9.17) is 9.15 Å². The smallest absolute Gasteiger partial charge is 0.267 e. The molecule has 5 heteroatoms. The third kappa shape index (κ3) is 4.98. The second kappa shape index (κ2) is 8.64. The van der Waals surface area contributed by atoms with Crippen molar-refractivity contribution >= 4 is 22.7 Å². The lowest BCUT2D eigenvalue weighted by Crippen LogP contribution is -2.42. The second-order valence-electron chi connectivity index (χ2n) is 10.4. The Bertz CT molecular complexity index is 1340. The van der Waals surface area contributed by atoms with E-state index in [2.05, 4.69) is 37.1 Å². The van der Waals surface area contributed by atoms with Crippen LogP contribution in [0.3, 0.4) is 0 Å². The Morgan fingerprint density at radius 3 is 2.32 bits per heavy atom. The summed E-state index contributed by atoms with van der Waals surface area (Å²) in [5, 5.41) is 2.97. The number of carbonyl (C=O) groups excluding carboxylic acids is 1. The SMILES string of the molecule is Cc1cc(C)c2oc(-c3cccc(NC(=O)C(C)(C)Oc4ccc(C(C)(C)C)cc4)c3)nc2c1. The first-order chi connectivity index (χ1) is 15.9. The molecule has 0 aliphatic rings. The zero-order valence-corrected chi connectivity index (χ0v) is 20.9. The van der Waals surface area contributed by atoms with E-state index in [0.29, 0.717) is 17.3 Å². The van der Waals surface area contributed by atoms with E-state index in [1.807, 2.05) is 68.4 Å². The van der Waals surface area contributed by atoms with Crippen LogP contribution in [0.25, 0.3) is 22.6 Å². The zero-order valence-electron chi connectivity index (χ0n) is 20.9. The maximum absolute atomic E-state index is 13.1. The number of hydrogen-bond acceptors (Lipinski definition) is 4. The van der Waals surface area contributed by atoms with Crippen LogP contribution in [0.1, 0.15) is 51.3 Å². The number of aryl methyl sites for hydroxylation is 2. The quantitative estimate of drug-likeness (QED) is 0.345. The Kier molecular flexibility index (Phi) is 5.98. The molecule has 0 aliphatic carbocycles. The third-order valence-electron chi connectivity index (χ3n) is 5.83. The van der Waals surface area contributed by atoms with Gasteiger partial charge in [0, 0.05) is 11.3 Å². The molecule has 0 saturated carbocycles. The van der Waals surface area contributed by atoms with Crippen LogP contribution in [0.5, 0.6) is 5.75 Å². The molecule has 1 aromatic heterocycles. The molecule has 0 saturated heterocycles. The lowest BCUT2D eigenvalue weighted by Gasteiger charge is -2.26. The average molecular weight is 457 g/mol. The number of rotatable bonds is 5. The number of aromatic nitrogens is 1. The van der Waals surface area contributed by atoms with Crippen molar-refractivity contribution in [2.45, 2.75) is 59.5 Å². The first kappa shape index (κ1) is 23.6. The molecule has 1 N–H and O–H groups in total. The van der Waals surface area contributed by atoms with E-state index in [1.54, 1.807) is 13.8 Å². The Hall–Kier alpha value is -3.60. The Morgan fingerprint density at radius 1 is 0.941 bits per heavy atom. The second-order valence-corrected chi connectivity index (χ2v) is 10.4. The zero-order chi connectivity index (χ0) is 24.7. The van der Waals surface area contributed by atoms with Crippen LogP contribution in [0.2, 0.25) is 0 Å². The lowest BCUT2D eigenvalue weighted by molar-refractivity contribution is -0.128. The number of amides is 1. The van der Waals surface area contributed by atoms with Crippen molar-refractivity contribution in [2.24, 2.45) is 0 Å². The number of carbonyl (C=O) groups is 1. The number of nitrogens with one attached hydrogen (secondary N) is 1. The summed E-state index contributed by atoms with van der Waals surface area (Å²) in [7, 11) is 0. The van der Waals surface area contributed by atoms with Gasteiger partial charge in [0.05, 0.1) is 0 Å². The maximum Gasteiger partial charge on any atom is 0.267 e. The summed E-state index contributed by atoms with van der Waals surface area (Å²) in [6.45, 7) is 14.1. The molecule has 0 atom stereocenters. The first-order valence-electron chi connectivity index (χ1n) is 11.5. The van der Waals surface area contributed by atoms with Crippen molar-refractivity contribution in [1.82, 2.24) is 4.98 Å². The van der Waals surface area contributed by atoms with Crippen molar-refractivity contribution in [3.63, 3.8) is 0 Å². The molecule has 0 fully saturated rings. The van der Waals surface area contributed by atoms with Gasteiger partial charge in [0.1, 0.15) is 11.3 Å². The molecule has 0 bridgehead atoms. The highest BCUT2D eigenvalue weighted by atomic mass is 16.5. The van der Waals surface area contributed by atoms with Crippen LogP contribution in [0, 0.1) is 13.8 Å². The number of oxazole rings is 1. The Labute approximate surface area is 201 Å². The summed E-state index contributed by atoms with van der Waals surface area (Å²) in [4.78, 5) is 17.7. The molecule has 176 valence electrons. The van der Waals surface area contributed by atoms with Gasteiger partial charge in [-0.1, -0.05) is 45.0 Å². The van der Waals surface area contributed by atoms with E-state index in [-0.39, 0.29) is 11.3 Å². The summed E-state index contributed by atoms with van der Waals surface area (Å²) in [6.07, 6.45) is 0. The fourth-order valence-electron chi connectivity index (χ4n) is 3.88. The van der Waals surface area contributed by atoms with E-state index >= 15 is 0 Å². The summed E-state index contributed by atoms with van der Waals surface area (Å²) in [5.41, 5.74) is 5.45. The van der Waals surface area contributed by atoms with Gasteiger partial charge < -0.3 is 14.5 Å². The molecular formula is C29H32N2O3. The van der Waals surface area contributed by atoms with Crippen molar-refractivity contribution in [2.75, 3.05) is 5.32 Å². The molecule has 5 nitrogen and oxygen atoms in total. The van der Waals surface area contributed by atoms with Crippen molar-refractivity contribution in [1.29, 1.82) is 0 Å². The van der Waals surface area contributed by atoms with Gasteiger partial charge in [0.2, 0.25) is 5.89 Å². The number of nitrogens with zero attached hydrogens (tertiary/aromatic N) is 1. The predicted octanol–water partition coefficient (Wildman–Crippen LogP) is 7.21. The molecule has 0 unspecified atom stereocenters. The predicted molar refractivity (Wildman–Crippen MR) is 137 cm³/mol. The molecule has 1 amide bonds. The van der Waals surface area contributed by atoms with E-state index < -0.39 is 5.60 Å². The normalized spacial score (nSPS) is 12.1. The molecule has 4 aromatic rings. The standard InChI is InChI=1S/C29H32N2O3/c1-18-15-19(2)25-24(16-18)31-26(33-25)20-9-8-10-22(17-20)30-27(32)29(6,7)34-23-13-11-21(12-14-23)28(3,4)5/h8-17H,1-7H3,(H,30,32). The van der Waals surface area contributed by atoms with Gasteiger partial charge >= 0.3 is 0 Å². The molecule has 1 heterocycles. The van der Waals surface area contributed by atoms with Crippen molar-refractivity contribution in [3.05, 3.63) is 77.4 Å². The minimum absolute atomic E-state index is 0.0582. The van der Waals surface area contributed by atoms with Crippen molar-refractivity contribution in [3.8, 4) is 17.2 Å². The molecule has 0 spiro atoms. The third-order valence-corrected chi connectivity index (χ3v) is 5.83. The minimum atomic E-state index is -1.06. The largest absolute Gasteiger partial charge is 0.478 e. The van der Waals surface area contributed by atoms with Crippen LogP contribution >= 0.6 is 0 Å². The highest BCUT2D eigenvalue weighted by Crippen LogP contribution is 2.30. The number of hydrogen-bond donors (Lipinski definition) is 1. The Balaban J connectivity index is 1.51. The molecular weight excluding hydrogens is 424 g/mol. The number of fused-ring (bicyclic) bond motifs is 1. The fourth-order valence-corrected chi connectivity index (χ4v) is 3.88. The van der Waals surface area contributed by atoms with Crippen LogP contribution in [0.4, 0.5) is 5.69 Å². The summed E-state index contributed by atoms with van der Waals surface area (Å²) in [6, 6.07) is 19.5. The number of anilines is 1. The molecule has 4 rings (SSSR count). The monoisotopic (exact) mass is 456 g/mol. The van der Waals surface area contributed by atoms with Gasteiger partial charge in [0.15, 0.2) is 11.2 Å². The first-order valence-corrected chi connectivity index (χ1v) is 11.5. The highest BCUT2D eigenvalue weighted by Gasteiger charge is 2.30. The van der Waals surface area contributed by atoms with Gasteiger partial charge in [0.25, 0.3) is 5.91 Å². The lowest BCUT2D eigenvalue weighted by atomic mass is 9.87. The minimum Gasteiger partial charge on any atom is -0.478 e. The van der Waals surface area contributed by atoms with Gasteiger partial charge in [-0.05, 0) is 86.2 Å².